The third kappa shape index (κ3) is 3.68. The van der Waals surface area contributed by atoms with E-state index in [9.17, 15) is 4.79 Å². The van der Waals surface area contributed by atoms with Crippen LogP contribution < -0.4 is 19.9 Å². The van der Waals surface area contributed by atoms with Crippen LogP contribution in [0.5, 0.6) is 17.2 Å². The number of anilines is 1. The Hall–Kier alpha value is -2.95. The van der Waals surface area contributed by atoms with E-state index >= 15 is 0 Å². The molecular formula is C19H21NO4. The molecule has 0 spiro atoms. The van der Waals surface area contributed by atoms with Crippen LogP contribution in [0.4, 0.5) is 5.69 Å². The molecular weight excluding hydrogens is 306 g/mol. The van der Waals surface area contributed by atoms with Crippen LogP contribution >= 0.6 is 0 Å². The molecule has 0 radical (unpaired) electrons. The molecule has 0 unspecified atom stereocenters. The maximum atomic E-state index is 12.7. The lowest BCUT2D eigenvalue weighted by molar-refractivity contribution is 0.103. The molecule has 0 aliphatic carbocycles. The van der Waals surface area contributed by atoms with Gasteiger partial charge in [-0.25, -0.2) is 0 Å². The van der Waals surface area contributed by atoms with Gasteiger partial charge in [-0.3, -0.25) is 4.79 Å². The molecule has 0 aromatic heterocycles. The van der Waals surface area contributed by atoms with Crippen LogP contribution in [0.15, 0.2) is 42.0 Å². The lowest BCUT2D eigenvalue weighted by atomic mass is 10.0. The van der Waals surface area contributed by atoms with E-state index in [1.54, 1.807) is 57.6 Å². The van der Waals surface area contributed by atoms with E-state index in [0.29, 0.717) is 34.1 Å². The average Bonchev–Trinajstić information content (AvgIpc) is 2.60. The Kier molecular flexibility index (Phi) is 5.47. The highest BCUT2D eigenvalue weighted by Gasteiger charge is 2.15. The Labute approximate surface area is 141 Å². The normalized spacial score (nSPS) is 11.1. The van der Waals surface area contributed by atoms with Gasteiger partial charge in [0.15, 0.2) is 5.78 Å². The van der Waals surface area contributed by atoms with Crippen LogP contribution in [-0.4, -0.2) is 27.1 Å². The number of hydrogen-bond donors (Lipinski definition) is 1. The van der Waals surface area contributed by atoms with E-state index in [-0.39, 0.29) is 5.78 Å². The monoisotopic (exact) mass is 327 g/mol. The number of nitrogen functional groups attached to an aromatic ring is 1. The van der Waals surface area contributed by atoms with Crippen molar-refractivity contribution in [2.24, 2.45) is 0 Å². The molecule has 0 heterocycles. The van der Waals surface area contributed by atoms with Gasteiger partial charge in [0, 0.05) is 0 Å². The molecule has 0 fully saturated rings. The number of ether oxygens (including phenoxy) is 3. The maximum Gasteiger partial charge on any atom is 0.192 e. The second-order valence-corrected chi connectivity index (χ2v) is 5.22. The van der Waals surface area contributed by atoms with Gasteiger partial charge in [0.1, 0.15) is 17.2 Å². The summed E-state index contributed by atoms with van der Waals surface area (Å²) < 4.78 is 15.6. The Morgan fingerprint density at radius 1 is 0.958 bits per heavy atom. The fourth-order valence-electron chi connectivity index (χ4n) is 2.36. The van der Waals surface area contributed by atoms with E-state index in [2.05, 4.69) is 0 Å². The summed E-state index contributed by atoms with van der Waals surface area (Å²) >= 11 is 0. The Morgan fingerprint density at radius 2 is 1.62 bits per heavy atom. The van der Waals surface area contributed by atoms with E-state index in [1.807, 2.05) is 6.07 Å². The number of carbonyl (C=O) groups is 1. The number of ketones is 1. The molecule has 126 valence electrons. The van der Waals surface area contributed by atoms with Gasteiger partial charge in [-0.1, -0.05) is 6.07 Å². The lowest BCUT2D eigenvalue weighted by Gasteiger charge is -2.10. The molecule has 0 aliphatic heterocycles. The first-order chi connectivity index (χ1) is 11.5. The smallest absolute Gasteiger partial charge is 0.192 e. The Balaban J connectivity index is 2.37. The summed E-state index contributed by atoms with van der Waals surface area (Å²) in [4.78, 5) is 12.7. The molecule has 0 saturated heterocycles. The largest absolute Gasteiger partial charge is 0.497 e. The van der Waals surface area contributed by atoms with Crippen molar-refractivity contribution in [3.05, 3.63) is 53.1 Å². The summed E-state index contributed by atoms with van der Waals surface area (Å²) in [6.07, 6.45) is 1.77. The standard InChI is InChI=1S/C19H21NO4/c1-12(9-13-5-7-18(24-4)16(20)10-13)19(21)15-11-14(22-2)6-8-17(15)23-3/h5-11H,20H2,1-4H3/b12-9+. The second kappa shape index (κ2) is 7.55. The van der Waals surface area contributed by atoms with Crippen LogP contribution in [-0.2, 0) is 0 Å². The number of methoxy groups -OCH3 is 3. The third-order valence-electron chi connectivity index (χ3n) is 3.65. The minimum atomic E-state index is -0.139. The molecule has 0 aliphatic rings. The van der Waals surface area contributed by atoms with Gasteiger partial charge in [-0.2, -0.15) is 0 Å². The van der Waals surface area contributed by atoms with Gasteiger partial charge in [0.25, 0.3) is 0 Å². The zero-order valence-corrected chi connectivity index (χ0v) is 14.3. The van der Waals surface area contributed by atoms with E-state index in [4.69, 9.17) is 19.9 Å². The van der Waals surface area contributed by atoms with Crippen molar-refractivity contribution < 1.29 is 19.0 Å². The highest BCUT2D eigenvalue weighted by molar-refractivity contribution is 6.12. The van der Waals surface area contributed by atoms with Gasteiger partial charge >= 0.3 is 0 Å². The first kappa shape index (κ1) is 17.4. The minimum absolute atomic E-state index is 0.139. The summed E-state index contributed by atoms with van der Waals surface area (Å²) in [6, 6.07) is 10.5. The zero-order valence-electron chi connectivity index (χ0n) is 14.3. The van der Waals surface area contributed by atoms with E-state index in [0.717, 1.165) is 5.56 Å². The minimum Gasteiger partial charge on any atom is -0.497 e. The molecule has 2 N–H and O–H groups in total. The van der Waals surface area contributed by atoms with E-state index in [1.165, 1.54) is 7.11 Å². The fraction of sp³-hybridized carbons (Fsp3) is 0.211. The molecule has 2 aromatic rings. The quantitative estimate of drug-likeness (QED) is 0.499. The van der Waals surface area contributed by atoms with Crippen LogP contribution in [0, 0.1) is 0 Å². The van der Waals surface area contributed by atoms with E-state index < -0.39 is 0 Å². The summed E-state index contributed by atoms with van der Waals surface area (Å²) in [6.45, 7) is 1.75. The van der Waals surface area contributed by atoms with Crippen molar-refractivity contribution in [1.82, 2.24) is 0 Å². The van der Waals surface area contributed by atoms with Crippen molar-refractivity contribution in [3.63, 3.8) is 0 Å². The van der Waals surface area contributed by atoms with Crippen molar-refractivity contribution >= 4 is 17.5 Å². The van der Waals surface area contributed by atoms with Gasteiger partial charge in [0.2, 0.25) is 0 Å². The summed E-state index contributed by atoms with van der Waals surface area (Å²) in [5.74, 6) is 1.56. The van der Waals surface area contributed by atoms with Gasteiger partial charge in [0.05, 0.1) is 32.6 Å². The molecule has 0 saturated carbocycles. The van der Waals surface area contributed by atoms with Crippen molar-refractivity contribution in [3.8, 4) is 17.2 Å². The fourth-order valence-corrected chi connectivity index (χ4v) is 2.36. The van der Waals surface area contributed by atoms with Crippen molar-refractivity contribution in [1.29, 1.82) is 0 Å². The summed E-state index contributed by atoms with van der Waals surface area (Å²) in [5, 5.41) is 0. The highest BCUT2D eigenvalue weighted by atomic mass is 16.5. The molecule has 2 aromatic carbocycles. The van der Waals surface area contributed by atoms with Crippen LogP contribution in [0.25, 0.3) is 6.08 Å². The molecule has 0 atom stereocenters. The number of benzene rings is 2. The SMILES string of the molecule is COc1ccc(OC)c(C(=O)/C(C)=C/c2ccc(OC)c(N)c2)c1. The number of Topliss-reactive ketones (excluding diaryl/α,β-unsaturated/α-hetero) is 1. The number of carbonyl (C=O) groups excluding carboxylic acids is 1. The molecule has 5 nitrogen and oxygen atoms in total. The molecule has 0 bridgehead atoms. The van der Waals surface area contributed by atoms with Crippen LogP contribution in [0.1, 0.15) is 22.8 Å². The average molecular weight is 327 g/mol. The van der Waals surface area contributed by atoms with Gasteiger partial charge in [-0.05, 0) is 54.5 Å². The Bertz CT molecular complexity index is 781. The molecule has 0 amide bonds. The van der Waals surface area contributed by atoms with Crippen molar-refractivity contribution in [2.75, 3.05) is 27.1 Å². The van der Waals surface area contributed by atoms with Crippen LogP contribution in [0.2, 0.25) is 0 Å². The lowest BCUT2D eigenvalue weighted by Crippen LogP contribution is -2.04. The van der Waals surface area contributed by atoms with Crippen molar-refractivity contribution in [2.45, 2.75) is 6.92 Å². The highest BCUT2D eigenvalue weighted by Crippen LogP contribution is 2.28. The van der Waals surface area contributed by atoms with Gasteiger partial charge < -0.3 is 19.9 Å². The predicted octanol–water partition coefficient (Wildman–Crippen LogP) is 3.58. The molecule has 24 heavy (non-hydrogen) atoms. The summed E-state index contributed by atoms with van der Waals surface area (Å²) in [7, 11) is 4.64. The first-order valence-corrected chi connectivity index (χ1v) is 7.38. The molecule has 5 heteroatoms. The number of nitrogens with two attached hydrogens (primary N) is 1. The number of rotatable bonds is 6. The van der Waals surface area contributed by atoms with Crippen LogP contribution in [0.3, 0.4) is 0 Å². The number of hydrogen-bond acceptors (Lipinski definition) is 5. The zero-order chi connectivity index (χ0) is 17.7. The Morgan fingerprint density at radius 3 is 2.21 bits per heavy atom. The first-order valence-electron chi connectivity index (χ1n) is 7.38. The number of allylic oxidation sites excluding steroid dienone is 1. The topological polar surface area (TPSA) is 70.8 Å². The predicted molar refractivity (Wildman–Crippen MR) is 94.9 cm³/mol. The molecule has 2 rings (SSSR count). The summed E-state index contributed by atoms with van der Waals surface area (Å²) in [5.41, 5.74) is 8.25. The maximum absolute atomic E-state index is 12.7. The van der Waals surface area contributed by atoms with Gasteiger partial charge in [-0.15, -0.1) is 0 Å². The second-order valence-electron chi connectivity index (χ2n) is 5.22. The third-order valence-corrected chi connectivity index (χ3v) is 3.65.